The Hall–Kier alpha value is -1.10. The van der Waals surface area contributed by atoms with E-state index in [-0.39, 0.29) is 5.82 Å². The van der Waals surface area contributed by atoms with Crippen LogP contribution in [0.2, 0.25) is 0 Å². The summed E-state index contributed by atoms with van der Waals surface area (Å²) in [4.78, 5) is 3.91. The Balaban J connectivity index is 2.93. The van der Waals surface area contributed by atoms with Crippen molar-refractivity contribution in [3.63, 3.8) is 0 Å². The molecule has 0 aliphatic heterocycles. The van der Waals surface area contributed by atoms with Gasteiger partial charge in [0.05, 0.1) is 10.8 Å². The Morgan fingerprint density at radius 2 is 2.25 bits per heavy atom. The number of nitrogens with zero attached hydrogens (tertiary/aromatic N) is 2. The molecule has 0 radical (unpaired) electrons. The molecule has 0 aliphatic carbocycles. The second-order valence-corrected chi connectivity index (χ2v) is 3.19. The SMILES string of the molecule is Nc1cnc2cc(F)cc(Br)n12. The van der Waals surface area contributed by atoms with Crippen molar-refractivity contribution in [1.29, 1.82) is 0 Å². The van der Waals surface area contributed by atoms with Crippen LogP contribution in [0.1, 0.15) is 0 Å². The van der Waals surface area contributed by atoms with E-state index in [2.05, 4.69) is 20.9 Å². The van der Waals surface area contributed by atoms with Gasteiger partial charge < -0.3 is 5.73 Å². The first-order valence-corrected chi connectivity index (χ1v) is 4.06. The maximum atomic E-state index is 12.8. The Bertz CT molecular complexity index is 437. The molecule has 0 atom stereocenters. The van der Waals surface area contributed by atoms with Gasteiger partial charge in [-0.1, -0.05) is 0 Å². The number of nitrogen functional groups attached to an aromatic ring is 1. The number of aromatic nitrogens is 2. The molecule has 2 heterocycles. The average molecular weight is 230 g/mol. The van der Waals surface area contributed by atoms with Crippen LogP contribution in [-0.4, -0.2) is 9.38 Å². The second-order valence-electron chi connectivity index (χ2n) is 2.37. The zero-order valence-electron chi connectivity index (χ0n) is 5.96. The highest BCUT2D eigenvalue weighted by molar-refractivity contribution is 9.10. The van der Waals surface area contributed by atoms with Crippen molar-refractivity contribution in [3.8, 4) is 0 Å². The third-order valence-electron chi connectivity index (χ3n) is 1.55. The molecule has 62 valence electrons. The van der Waals surface area contributed by atoms with Gasteiger partial charge in [0.15, 0.2) is 0 Å². The zero-order valence-corrected chi connectivity index (χ0v) is 7.55. The number of pyridine rings is 1. The summed E-state index contributed by atoms with van der Waals surface area (Å²) in [5, 5.41) is 0. The Labute approximate surface area is 76.1 Å². The summed E-state index contributed by atoms with van der Waals surface area (Å²) in [6.07, 6.45) is 1.49. The second kappa shape index (κ2) is 2.45. The third kappa shape index (κ3) is 0.972. The van der Waals surface area contributed by atoms with Gasteiger partial charge in [-0.15, -0.1) is 0 Å². The first-order valence-electron chi connectivity index (χ1n) is 3.26. The fourth-order valence-electron chi connectivity index (χ4n) is 1.06. The molecule has 5 heteroatoms. The van der Waals surface area contributed by atoms with E-state index in [1.54, 1.807) is 4.40 Å². The molecule has 2 aromatic heterocycles. The minimum absolute atomic E-state index is 0.333. The van der Waals surface area contributed by atoms with Crippen molar-refractivity contribution in [1.82, 2.24) is 9.38 Å². The molecule has 2 N–H and O–H groups in total. The fraction of sp³-hybridized carbons (Fsp3) is 0. The standard InChI is InChI=1S/C7H5BrFN3/c8-5-1-4(9)2-7-11-3-6(10)12(5)7/h1-3H,10H2. The van der Waals surface area contributed by atoms with E-state index in [9.17, 15) is 4.39 Å². The summed E-state index contributed by atoms with van der Waals surface area (Å²) >= 11 is 3.18. The van der Waals surface area contributed by atoms with Crippen LogP contribution in [0.25, 0.3) is 5.65 Å². The van der Waals surface area contributed by atoms with Gasteiger partial charge >= 0.3 is 0 Å². The van der Waals surface area contributed by atoms with E-state index in [0.717, 1.165) is 0 Å². The first-order chi connectivity index (χ1) is 5.68. The van der Waals surface area contributed by atoms with Crippen molar-refractivity contribution >= 4 is 27.4 Å². The average Bonchev–Trinajstić information content (AvgIpc) is 2.31. The lowest BCUT2D eigenvalue weighted by Gasteiger charge is -1.99. The van der Waals surface area contributed by atoms with E-state index in [1.807, 2.05) is 0 Å². The summed E-state index contributed by atoms with van der Waals surface area (Å²) in [7, 11) is 0. The molecule has 0 saturated heterocycles. The van der Waals surface area contributed by atoms with Gasteiger partial charge in [-0.2, -0.15) is 0 Å². The Morgan fingerprint density at radius 1 is 1.50 bits per heavy atom. The molecule has 0 unspecified atom stereocenters. The summed E-state index contributed by atoms with van der Waals surface area (Å²) in [5.74, 6) is 0.150. The zero-order chi connectivity index (χ0) is 8.72. The topological polar surface area (TPSA) is 43.3 Å². The van der Waals surface area contributed by atoms with Crippen molar-refractivity contribution in [2.75, 3.05) is 5.73 Å². The van der Waals surface area contributed by atoms with Crippen LogP contribution < -0.4 is 5.73 Å². The number of anilines is 1. The number of rotatable bonds is 0. The number of nitrogens with two attached hydrogens (primary N) is 1. The largest absolute Gasteiger partial charge is 0.383 e. The minimum atomic E-state index is -0.333. The van der Waals surface area contributed by atoms with Crippen LogP contribution >= 0.6 is 15.9 Å². The molecule has 2 aromatic rings. The van der Waals surface area contributed by atoms with Crippen molar-refractivity contribution in [2.24, 2.45) is 0 Å². The highest BCUT2D eigenvalue weighted by atomic mass is 79.9. The van der Waals surface area contributed by atoms with Crippen molar-refractivity contribution < 1.29 is 4.39 Å². The molecule has 0 aromatic carbocycles. The first kappa shape index (κ1) is 7.54. The number of fused-ring (bicyclic) bond motifs is 1. The van der Waals surface area contributed by atoms with E-state index in [0.29, 0.717) is 16.1 Å². The third-order valence-corrected chi connectivity index (χ3v) is 2.14. The molecule has 0 amide bonds. The molecule has 0 saturated carbocycles. The monoisotopic (exact) mass is 229 g/mol. The van der Waals surface area contributed by atoms with Gasteiger partial charge in [-0.05, 0) is 15.9 Å². The number of hydrogen-bond acceptors (Lipinski definition) is 2. The Kier molecular flexibility index (Phi) is 1.54. The van der Waals surface area contributed by atoms with E-state index >= 15 is 0 Å². The predicted octanol–water partition coefficient (Wildman–Crippen LogP) is 1.82. The normalized spacial score (nSPS) is 10.8. The molecule has 0 fully saturated rings. The van der Waals surface area contributed by atoms with Gasteiger partial charge in [0.25, 0.3) is 0 Å². The molecule has 3 nitrogen and oxygen atoms in total. The molecule has 0 aliphatic rings. The molecule has 12 heavy (non-hydrogen) atoms. The number of imidazole rings is 1. The van der Waals surface area contributed by atoms with Crippen LogP contribution in [0, 0.1) is 5.82 Å². The highest BCUT2D eigenvalue weighted by Crippen LogP contribution is 2.18. The predicted molar refractivity (Wildman–Crippen MR) is 47.3 cm³/mol. The smallest absolute Gasteiger partial charge is 0.142 e. The van der Waals surface area contributed by atoms with Gasteiger partial charge in [0.1, 0.15) is 17.3 Å². The summed E-state index contributed by atoms with van der Waals surface area (Å²) in [5.41, 5.74) is 6.07. The summed E-state index contributed by atoms with van der Waals surface area (Å²) in [6.45, 7) is 0. The fourth-order valence-corrected chi connectivity index (χ4v) is 1.66. The van der Waals surface area contributed by atoms with Gasteiger partial charge in [-0.25, -0.2) is 9.37 Å². The van der Waals surface area contributed by atoms with Crippen LogP contribution in [0.5, 0.6) is 0 Å². The van der Waals surface area contributed by atoms with E-state index in [1.165, 1.54) is 18.3 Å². The van der Waals surface area contributed by atoms with Crippen molar-refractivity contribution in [2.45, 2.75) is 0 Å². The lowest BCUT2D eigenvalue weighted by molar-refractivity contribution is 0.625. The van der Waals surface area contributed by atoms with Crippen LogP contribution in [0.3, 0.4) is 0 Å². The van der Waals surface area contributed by atoms with Crippen LogP contribution in [-0.2, 0) is 0 Å². The van der Waals surface area contributed by atoms with Gasteiger partial charge in [0, 0.05) is 12.1 Å². The number of halogens is 2. The molecular weight excluding hydrogens is 225 g/mol. The maximum absolute atomic E-state index is 12.8. The van der Waals surface area contributed by atoms with Crippen LogP contribution in [0.15, 0.2) is 22.9 Å². The minimum Gasteiger partial charge on any atom is -0.383 e. The summed E-state index contributed by atoms with van der Waals surface area (Å²) in [6, 6.07) is 2.66. The van der Waals surface area contributed by atoms with E-state index < -0.39 is 0 Å². The molecular formula is C7H5BrFN3. The quantitative estimate of drug-likeness (QED) is 0.701. The van der Waals surface area contributed by atoms with Crippen molar-refractivity contribution in [3.05, 3.63) is 28.7 Å². The maximum Gasteiger partial charge on any atom is 0.142 e. The molecule has 0 spiro atoms. The number of hydrogen-bond donors (Lipinski definition) is 1. The molecule has 2 rings (SSSR count). The summed E-state index contributed by atoms with van der Waals surface area (Å²) < 4.78 is 15.0. The Morgan fingerprint density at radius 3 is 3.00 bits per heavy atom. The highest BCUT2D eigenvalue weighted by Gasteiger charge is 2.04. The molecule has 0 bridgehead atoms. The van der Waals surface area contributed by atoms with Crippen LogP contribution in [0.4, 0.5) is 10.2 Å². The van der Waals surface area contributed by atoms with E-state index in [4.69, 9.17) is 5.73 Å². The van der Waals surface area contributed by atoms with Gasteiger partial charge in [0.2, 0.25) is 0 Å². The lowest BCUT2D eigenvalue weighted by atomic mass is 10.4. The van der Waals surface area contributed by atoms with Gasteiger partial charge in [-0.3, -0.25) is 4.40 Å². The lowest BCUT2D eigenvalue weighted by Crippen LogP contribution is -1.94.